The van der Waals surface area contributed by atoms with Gasteiger partial charge in [0.15, 0.2) is 11.5 Å². The van der Waals surface area contributed by atoms with Crippen LogP contribution < -0.4 is 9.64 Å². The van der Waals surface area contributed by atoms with Crippen LogP contribution in [0.2, 0.25) is 5.02 Å². The second-order valence-corrected chi connectivity index (χ2v) is 8.15. The molecule has 0 bridgehead atoms. The van der Waals surface area contributed by atoms with Gasteiger partial charge in [-0.1, -0.05) is 29.8 Å². The molecule has 3 aromatic carbocycles. The summed E-state index contributed by atoms with van der Waals surface area (Å²) in [7, 11) is 1.52. The third-order valence-corrected chi connectivity index (χ3v) is 5.91. The average molecular weight is 478 g/mol. The summed E-state index contributed by atoms with van der Waals surface area (Å²) in [5.74, 6) is -2.28. The van der Waals surface area contributed by atoms with Crippen molar-refractivity contribution >= 4 is 39.9 Å². The molecule has 170 valence electrons. The molecule has 1 aliphatic rings. The molecule has 1 N–H and O–H groups in total. The van der Waals surface area contributed by atoms with Gasteiger partial charge in [-0.15, -0.1) is 0 Å². The molecule has 1 aromatic heterocycles. The predicted octanol–water partition coefficient (Wildman–Crippen LogP) is 6.02. The number of nitrogens with zero attached hydrogens (tertiary/aromatic N) is 1. The molecule has 1 unspecified atom stereocenters. The summed E-state index contributed by atoms with van der Waals surface area (Å²) in [6.07, 6.45) is 0. The standard InChI is InChI=1S/C26H17ClFNO5/c1-33-19-8-5-14(6-9-19)23-22(24(30)21-12-15-11-16(27)7-10-20(15)34-21)25(31)26(32)29(23)18-4-2-3-17(28)13-18/h2-13,23,31H,1H3. The minimum absolute atomic E-state index is 0.0637. The lowest BCUT2D eigenvalue weighted by atomic mass is 9.94. The largest absolute Gasteiger partial charge is 0.503 e. The highest BCUT2D eigenvalue weighted by atomic mass is 35.5. The maximum absolute atomic E-state index is 14.0. The quantitative estimate of drug-likeness (QED) is 0.356. The van der Waals surface area contributed by atoms with Crippen LogP contribution in [0.5, 0.6) is 5.75 Å². The molecule has 34 heavy (non-hydrogen) atoms. The smallest absolute Gasteiger partial charge is 0.294 e. The number of hydrogen-bond acceptors (Lipinski definition) is 5. The second kappa shape index (κ2) is 8.35. The van der Waals surface area contributed by atoms with Crippen LogP contribution >= 0.6 is 11.6 Å². The summed E-state index contributed by atoms with van der Waals surface area (Å²) < 4.78 is 24.9. The topological polar surface area (TPSA) is 80.0 Å². The van der Waals surface area contributed by atoms with Crippen molar-refractivity contribution in [3.8, 4) is 5.75 Å². The summed E-state index contributed by atoms with van der Waals surface area (Å²) in [6, 6.07) is 17.5. The number of rotatable bonds is 5. The van der Waals surface area contributed by atoms with E-state index in [0.717, 1.165) is 6.07 Å². The molecule has 0 aliphatic carbocycles. The third kappa shape index (κ3) is 3.60. The van der Waals surface area contributed by atoms with Gasteiger partial charge in [0, 0.05) is 16.1 Å². The Balaban J connectivity index is 1.65. The maximum atomic E-state index is 14.0. The van der Waals surface area contributed by atoms with Crippen molar-refractivity contribution in [3.63, 3.8) is 0 Å². The van der Waals surface area contributed by atoms with Crippen LogP contribution in [-0.4, -0.2) is 23.9 Å². The number of anilines is 1. The number of carbonyl (C=O) groups excluding carboxylic acids is 2. The van der Waals surface area contributed by atoms with Gasteiger partial charge >= 0.3 is 0 Å². The summed E-state index contributed by atoms with van der Waals surface area (Å²) >= 11 is 6.04. The van der Waals surface area contributed by atoms with Crippen molar-refractivity contribution in [1.82, 2.24) is 0 Å². The van der Waals surface area contributed by atoms with Crippen molar-refractivity contribution in [1.29, 1.82) is 0 Å². The van der Waals surface area contributed by atoms with Crippen LogP contribution in [0.1, 0.15) is 22.2 Å². The number of ketones is 1. The van der Waals surface area contributed by atoms with Crippen LogP contribution in [0.25, 0.3) is 11.0 Å². The zero-order chi connectivity index (χ0) is 24.0. The number of ether oxygens (including phenoxy) is 1. The van der Waals surface area contributed by atoms with Gasteiger partial charge in [0.05, 0.1) is 18.7 Å². The molecule has 6 nitrogen and oxygen atoms in total. The molecule has 0 saturated heterocycles. The first-order valence-electron chi connectivity index (χ1n) is 10.3. The highest BCUT2D eigenvalue weighted by molar-refractivity contribution is 6.31. The number of methoxy groups -OCH3 is 1. The lowest BCUT2D eigenvalue weighted by Crippen LogP contribution is -2.31. The van der Waals surface area contributed by atoms with Gasteiger partial charge in [-0.3, -0.25) is 14.5 Å². The third-order valence-electron chi connectivity index (χ3n) is 5.67. The van der Waals surface area contributed by atoms with E-state index in [1.54, 1.807) is 42.5 Å². The van der Waals surface area contributed by atoms with E-state index in [2.05, 4.69) is 0 Å². The first-order valence-corrected chi connectivity index (χ1v) is 10.6. The zero-order valence-corrected chi connectivity index (χ0v) is 18.5. The van der Waals surface area contributed by atoms with Gasteiger partial charge in [-0.25, -0.2) is 4.39 Å². The van der Waals surface area contributed by atoms with Gasteiger partial charge in [0.2, 0.25) is 5.78 Å². The molecule has 0 saturated carbocycles. The maximum Gasteiger partial charge on any atom is 0.294 e. The normalized spacial score (nSPS) is 15.9. The molecule has 1 atom stereocenters. The van der Waals surface area contributed by atoms with Crippen LogP contribution in [0.4, 0.5) is 10.1 Å². The molecular formula is C26H17ClFNO5. The number of furan rings is 1. The summed E-state index contributed by atoms with van der Waals surface area (Å²) in [5.41, 5.74) is 0.964. The van der Waals surface area contributed by atoms with Crippen molar-refractivity contribution in [2.75, 3.05) is 12.0 Å². The summed E-state index contributed by atoms with van der Waals surface area (Å²) in [4.78, 5) is 27.9. The van der Waals surface area contributed by atoms with Crippen LogP contribution in [0.3, 0.4) is 0 Å². The molecule has 0 radical (unpaired) electrons. The fourth-order valence-corrected chi connectivity index (χ4v) is 4.27. The molecule has 0 fully saturated rings. The Kier molecular flexibility index (Phi) is 5.34. The monoisotopic (exact) mass is 477 g/mol. The Morgan fingerprint density at radius 2 is 1.85 bits per heavy atom. The first-order chi connectivity index (χ1) is 16.4. The lowest BCUT2D eigenvalue weighted by Gasteiger charge is -2.27. The molecule has 2 heterocycles. The first kappa shape index (κ1) is 21.7. The Bertz CT molecular complexity index is 1470. The van der Waals surface area contributed by atoms with Gasteiger partial charge < -0.3 is 14.3 Å². The number of benzene rings is 3. The number of Topliss-reactive ketones (excluding diaryl/α,β-unsaturated/α-hetero) is 1. The summed E-state index contributed by atoms with van der Waals surface area (Å²) in [6.45, 7) is 0. The van der Waals surface area contributed by atoms with Gasteiger partial charge in [0.25, 0.3) is 5.91 Å². The van der Waals surface area contributed by atoms with Crippen LogP contribution in [-0.2, 0) is 4.79 Å². The number of fused-ring (bicyclic) bond motifs is 1. The Labute approximate surface area is 198 Å². The minimum Gasteiger partial charge on any atom is -0.503 e. The van der Waals surface area contributed by atoms with Gasteiger partial charge in [-0.05, 0) is 60.2 Å². The number of amides is 1. The van der Waals surface area contributed by atoms with Crippen LogP contribution in [0, 0.1) is 5.82 Å². The van der Waals surface area contributed by atoms with E-state index in [4.69, 9.17) is 20.8 Å². The van der Waals surface area contributed by atoms with Crippen molar-refractivity contribution < 1.29 is 28.2 Å². The Morgan fingerprint density at radius 3 is 2.56 bits per heavy atom. The van der Waals surface area contributed by atoms with E-state index in [1.165, 1.54) is 36.3 Å². The van der Waals surface area contributed by atoms with E-state index in [0.29, 0.717) is 27.3 Å². The van der Waals surface area contributed by atoms with Crippen molar-refractivity contribution in [3.05, 3.63) is 106 Å². The SMILES string of the molecule is COc1ccc(C2C(C(=O)c3cc4cc(Cl)ccc4o3)=C(O)C(=O)N2c2cccc(F)c2)cc1. The van der Waals surface area contributed by atoms with Crippen molar-refractivity contribution in [2.24, 2.45) is 0 Å². The molecular weight excluding hydrogens is 461 g/mol. The Hall–Kier alpha value is -4.10. The molecule has 5 rings (SSSR count). The lowest BCUT2D eigenvalue weighted by molar-refractivity contribution is -0.117. The summed E-state index contributed by atoms with van der Waals surface area (Å²) in [5, 5.41) is 11.9. The zero-order valence-electron chi connectivity index (χ0n) is 17.8. The number of hydrogen-bond donors (Lipinski definition) is 1. The molecule has 4 aromatic rings. The predicted molar refractivity (Wildman–Crippen MR) is 125 cm³/mol. The molecule has 8 heteroatoms. The fraction of sp³-hybridized carbons (Fsp3) is 0.0769. The minimum atomic E-state index is -1.02. The molecule has 0 spiro atoms. The van der Waals surface area contributed by atoms with E-state index in [9.17, 15) is 19.1 Å². The Morgan fingerprint density at radius 1 is 1.09 bits per heavy atom. The van der Waals surface area contributed by atoms with E-state index < -0.39 is 29.3 Å². The number of aliphatic hydroxyl groups is 1. The van der Waals surface area contributed by atoms with E-state index in [1.807, 2.05) is 0 Å². The average Bonchev–Trinajstić information content (AvgIpc) is 3.37. The highest BCUT2D eigenvalue weighted by Crippen LogP contribution is 2.42. The highest BCUT2D eigenvalue weighted by Gasteiger charge is 2.45. The number of aliphatic hydroxyl groups excluding tert-OH is 1. The number of carbonyl (C=O) groups is 2. The van der Waals surface area contributed by atoms with E-state index >= 15 is 0 Å². The fourth-order valence-electron chi connectivity index (χ4n) is 4.09. The second-order valence-electron chi connectivity index (χ2n) is 7.71. The number of halogens is 2. The van der Waals surface area contributed by atoms with Gasteiger partial charge in [0.1, 0.15) is 17.1 Å². The van der Waals surface area contributed by atoms with Crippen LogP contribution in [0.15, 0.2) is 88.5 Å². The molecule has 1 amide bonds. The molecule has 1 aliphatic heterocycles. The van der Waals surface area contributed by atoms with Gasteiger partial charge in [-0.2, -0.15) is 0 Å². The van der Waals surface area contributed by atoms with Crippen molar-refractivity contribution in [2.45, 2.75) is 6.04 Å². The van der Waals surface area contributed by atoms with E-state index in [-0.39, 0.29) is 17.0 Å².